The minimum Gasteiger partial charge on any atom is -0.454 e. The fraction of sp³-hybridized carbons (Fsp3) is 0.0870. The molecule has 5 rings (SSSR count). The topological polar surface area (TPSA) is 59.6 Å². The molecule has 2 aliphatic rings. The maximum absolute atomic E-state index is 12.5. The van der Waals surface area contributed by atoms with Crippen molar-refractivity contribution in [3.8, 4) is 11.5 Å². The van der Waals surface area contributed by atoms with Gasteiger partial charge >= 0.3 is 6.03 Å². The number of hydrogen-bond donors (Lipinski definition) is 2. The van der Waals surface area contributed by atoms with Crippen LogP contribution in [0.4, 0.5) is 4.79 Å². The number of carbonyl (C=O) groups is 1. The highest BCUT2D eigenvalue weighted by Crippen LogP contribution is 2.41. The average Bonchev–Trinajstić information content (AvgIpc) is 3.22. The molecule has 138 valence electrons. The van der Waals surface area contributed by atoms with Gasteiger partial charge in [-0.15, -0.1) is 0 Å². The Morgan fingerprint density at radius 2 is 1.46 bits per heavy atom. The SMILES string of the molecule is O=C1NC(c2ccccc2)=C(c2ccccc2)C(c2ccc3c(c2)OCO3)N1. The van der Waals surface area contributed by atoms with Crippen molar-refractivity contribution in [3.63, 3.8) is 0 Å². The maximum atomic E-state index is 12.5. The van der Waals surface area contributed by atoms with E-state index in [-0.39, 0.29) is 18.9 Å². The molecule has 5 nitrogen and oxygen atoms in total. The van der Waals surface area contributed by atoms with Crippen LogP contribution in [0, 0.1) is 0 Å². The number of hydrogen-bond acceptors (Lipinski definition) is 3. The standard InChI is InChI=1S/C23H18N2O3/c26-23-24-21(16-9-5-2-6-10-16)20(15-7-3-1-4-8-15)22(25-23)17-11-12-18-19(13-17)28-14-27-18/h1-13,22H,14H2,(H2,24,25,26). The molecule has 1 unspecified atom stereocenters. The molecular formula is C23H18N2O3. The first-order chi connectivity index (χ1) is 13.8. The van der Waals surface area contributed by atoms with Gasteiger partial charge in [0, 0.05) is 5.57 Å². The van der Waals surface area contributed by atoms with Gasteiger partial charge in [0.05, 0.1) is 11.7 Å². The van der Waals surface area contributed by atoms with Gasteiger partial charge < -0.3 is 20.1 Å². The van der Waals surface area contributed by atoms with Crippen LogP contribution >= 0.6 is 0 Å². The number of ether oxygens (including phenoxy) is 2. The summed E-state index contributed by atoms with van der Waals surface area (Å²) in [5.74, 6) is 1.41. The maximum Gasteiger partial charge on any atom is 0.320 e. The molecule has 1 atom stereocenters. The molecule has 2 amide bonds. The van der Waals surface area contributed by atoms with Crippen LogP contribution in [0.2, 0.25) is 0 Å². The molecule has 0 radical (unpaired) electrons. The lowest BCUT2D eigenvalue weighted by Crippen LogP contribution is -2.42. The zero-order chi connectivity index (χ0) is 18.9. The van der Waals surface area contributed by atoms with Crippen molar-refractivity contribution in [2.45, 2.75) is 6.04 Å². The van der Waals surface area contributed by atoms with E-state index in [1.807, 2.05) is 66.7 Å². The molecule has 28 heavy (non-hydrogen) atoms. The molecule has 0 saturated carbocycles. The summed E-state index contributed by atoms with van der Waals surface area (Å²) in [7, 11) is 0. The summed E-state index contributed by atoms with van der Waals surface area (Å²) in [4.78, 5) is 12.5. The van der Waals surface area contributed by atoms with E-state index in [0.29, 0.717) is 5.75 Å². The highest BCUT2D eigenvalue weighted by Gasteiger charge is 2.31. The number of fused-ring (bicyclic) bond motifs is 1. The molecule has 0 aliphatic carbocycles. The van der Waals surface area contributed by atoms with E-state index in [4.69, 9.17) is 9.47 Å². The molecule has 0 aromatic heterocycles. The summed E-state index contributed by atoms with van der Waals surface area (Å²) in [5.41, 5.74) is 4.74. The van der Waals surface area contributed by atoms with Gasteiger partial charge in [-0.25, -0.2) is 4.79 Å². The Labute approximate surface area is 162 Å². The lowest BCUT2D eigenvalue weighted by atomic mass is 9.88. The van der Waals surface area contributed by atoms with Crippen LogP contribution < -0.4 is 20.1 Å². The fourth-order valence-corrected chi connectivity index (χ4v) is 3.67. The van der Waals surface area contributed by atoms with E-state index in [0.717, 1.165) is 33.7 Å². The van der Waals surface area contributed by atoms with E-state index < -0.39 is 0 Å². The number of nitrogens with one attached hydrogen (secondary N) is 2. The molecule has 3 aromatic rings. The van der Waals surface area contributed by atoms with Gasteiger partial charge in [-0.2, -0.15) is 0 Å². The van der Waals surface area contributed by atoms with Crippen LogP contribution in [-0.4, -0.2) is 12.8 Å². The third-order valence-corrected chi connectivity index (χ3v) is 4.95. The Morgan fingerprint density at radius 3 is 2.21 bits per heavy atom. The van der Waals surface area contributed by atoms with Crippen LogP contribution in [0.3, 0.4) is 0 Å². The van der Waals surface area contributed by atoms with Gasteiger partial charge in [-0.05, 0) is 28.8 Å². The predicted molar refractivity (Wildman–Crippen MR) is 107 cm³/mol. The first kappa shape index (κ1) is 16.4. The molecule has 0 bridgehead atoms. The van der Waals surface area contributed by atoms with Crippen LogP contribution in [0.1, 0.15) is 22.7 Å². The van der Waals surface area contributed by atoms with Crippen molar-refractivity contribution in [2.75, 3.05) is 6.79 Å². The van der Waals surface area contributed by atoms with Crippen LogP contribution in [0.15, 0.2) is 78.9 Å². The van der Waals surface area contributed by atoms with Crippen LogP contribution in [0.5, 0.6) is 11.5 Å². The summed E-state index contributed by atoms with van der Waals surface area (Å²) in [6, 6.07) is 25.2. The van der Waals surface area contributed by atoms with Crippen molar-refractivity contribution < 1.29 is 14.3 Å². The van der Waals surface area contributed by atoms with Crippen LogP contribution in [-0.2, 0) is 0 Å². The van der Waals surface area contributed by atoms with Gasteiger partial charge in [0.1, 0.15) is 0 Å². The Morgan fingerprint density at radius 1 is 0.786 bits per heavy atom. The van der Waals surface area contributed by atoms with E-state index >= 15 is 0 Å². The lowest BCUT2D eigenvalue weighted by Gasteiger charge is -2.31. The monoisotopic (exact) mass is 370 g/mol. The summed E-state index contributed by atoms with van der Waals surface area (Å²) < 4.78 is 11.0. The van der Waals surface area contributed by atoms with Gasteiger partial charge in [0.25, 0.3) is 0 Å². The molecular weight excluding hydrogens is 352 g/mol. The van der Waals surface area contributed by atoms with Crippen molar-refractivity contribution in [2.24, 2.45) is 0 Å². The molecule has 2 heterocycles. The minimum absolute atomic E-state index is 0.216. The molecule has 0 spiro atoms. The van der Waals surface area contributed by atoms with Gasteiger partial charge in [-0.3, -0.25) is 0 Å². The van der Waals surface area contributed by atoms with E-state index in [1.54, 1.807) is 0 Å². The van der Waals surface area contributed by atoms with Crippen LogP contribution in [0.25, 0.3) is 11.3 Å². The number of carbonyl (C=O) groups excluding carboxylic acids is 1. The molecule has 0 saturated heterocycles. The number of urea groups is 1. The highest BCUT2D eigenvalue weighted by atomic mass is 16.7. The van der Waals surface area contributed by atoms with E-state index in [9.17, 15) is 4.79 Å². The Kier molecular flexibility index (Phi) is 3.98. The first-order valence-corrected chi connectivity index (χ1v) is 9.12. The molecule has 2 N–H and O–H groups in total. The lowest BCUT2D eigenvalue weighted by molar-refractivity contribution is 0.174. The third kappa shape index (κ3) is 2.87. The summed E-state index contributed by atoms with van der Waals surface area (Å²) >= 11 is 0. The Hall–Kier alpha value is -3.73. The van der Waals surface area contributed by atoms with Gasteiger partial charge in [0.15, 0.2) is 11.5 Å². The normalized spacial score (nSPS) is 17.9. The van der Waals surface area contributed by atoms with Gasteiger partial charge in [-0.1, -0.05) is 66.7 Å². The largest absolute Gasteiger partial charge is 0.454 e. The molecule has 2 aliphatic heterocycles. The van der Waals surface area contributed by atoms with E-state index in [2.05, 4.69) is 22.8 Å². The van der Waals surface area contributed by atoms with Gasteiger partial charge in [0.2, 0.25) is 6.79 Å². The summed E-state index contributed by atoms with van der Waals surface area (Å²) in [6.07, 6.45) is 0. The van der Waals surface area contributed by atoms with Crippen molar-refractivity contribution >= 4 is 17.3 Å². The second-order valence-electron chi connectivity index (χ2n) is 6.66. The smallest absolute Gasteiger partial charge is 0.320 e. The Balaban J connectivity index is 1.71. The fourth-order valence-electron chi connectivity index (χ4n) is 3.67. The summed E-state index contributed by atoms with van der Waals surface area (Å²) in [6.45, 7) is 0.216. The predicted octanol–water partition coefficient (Wildman–Crippen LogP) is 4.34. The van der Waals surface area contributed by atoms with Crippen molar-refractivity contribution in [1.29, 1.82) is 0 Å². The third-order valence-electron chi connectivity index (χ3n) is 4.95. The molecule has 0 fully saturated rings. The average molecular weight is 370 g/mol. The Bertz CT molecular complexity index is 1060. The second kappa shape index (κ2) is 6.78. The quantitative estimate of drug-likeness (QED) is 0.721. The van der Waals surface area contributed by atoms with E-state index in [1.165, 1.54) is 0 Å². The second-order valence-corrected chi connectivity index (χ2v) is 6.66. The zero-order valence-electron chi connectivity index (χ0n) is 15.0. The highest BCUT2D eigenvalue weighted by molar-refractivity contribution is 6.03. The molecule has 5 heteroatoms. The summed E-state index contributed by atoms with van der Waals surface area (Å²) in [5, 5.41) is 6.07. The number of benzene rings is 3. The zero-order valence-corrected chi connectivity index (χ0v) is 15.0. The minimum atomic E-state index is -0.319. The van der Waals surface area contributed by atoms with Crippen molar-refractivity contribution in [1.82, 2.24) is 10.6 Å². The first-order valence-electron chi connectivity index (χ1n) is 9.12. The number of amides is 2. The molecule has 3 aromatic carbocycles. The van der Waals surface area contributed by atoms with Crippen molar-refractivity contribution in [3.05, 3.63) is 95.6 Å². The number of rotatable bonds is 3.